The minimum atomic E-state index is 0.603. The molecule has 3 aromatic heterocycles. The monoisotopic (exact) mass is 628 g/mol. The molecule has 0 radical (unpaired) electrons. The Hall–Kier alpha value is -6.79. The standard InChI is InChI=1S/C43H28N6/c1-5-15-29(16-6-1)37-39-38(35-23-13-14-24-36(35)49(39)34-21-11-4-12-22-34)45-40(44-37)32-25-27-33(28-26-32)43-47-41(30-17-7-2-8-18-30)46-42(48-43)31-19-9-3-10-20-31/h1-28H. The predicted molar refractivity (Wildman–Crippen MR) is 197 cm³/mol. The minimum Gasteiger partial charge on any atom is -0.306 e. The largest absolute Gasteiger partial charge is 0.306 e. The minimum absolute atomic E-state index is 0.603. The van der Waals surface area contributed by atoms with Crippen molar-refractivity contribution in [1.82, 2.24) is 29.5 Å². The molecule has 0 aliphatic carbocycles. The Morgan fingerprint density at radius 3 is 1.27 bits per heavy atom. The van der Waals surface area contributed by atoms with Gasteiger partial charge in [-0.15, -0.1) is 0 Å². The Morgan fingerprint density at radius 1 is 0.327 bits per heavy atom. The van der Waals surface area contributed by atoms with Gasteiger partial charge in [0.2, 0.25) is 0 Å². The molecule has 0 atom stereocenters. The first-order valence-corrected chi connectivity index (χ1v) is 16.2. The second-order valence-electron chi connectivity index (χ2n) is 11.8. The summed E-state index contributed by atoms with van der Waals surface area (Å²) in [4.78, 5) is 25.2. The number of hydrogen-bond donors (Lipinski definition) is 0. The van der Waals surface area contributed by atoms with Gasteiger partial charge in [-0.25, -0.2) is 24.9 Å². The summed E-state index contributed by atoms with van der Waals surface area (Å²) in [5.74, 6) is 2.51. The molecule has 49 heavy (non-hydrogen) atoms. The van der Waals surface area contributed by atoms with E-state index in [9.17, 15) is 0 Å². The molecule has 0 saturated carbocycles. The zero-order chi connectivity index (χ0) is 32.6. The molecule has 0 aliphatic heterocycles. The van der Waals surface area contributed by atoms with Crippen LogP contribution in [0.4, 0.5) is 0 Å². The van der Waals surface area contributed by atoms with Crippen molar-refractivity contribution in [2.24, 2.45) is 0 Å². The van der Waals surface area contributed by atoms with Crippen molar-refractivity contribution < 1.29 is 0 Å². The van der Waals surface area contributed by atoms with Gasteiger partial charge in [-0.2, -0.15) is 0 Å². The average Bonchev–Trinajstić information content (AvgIpc) is 3.53. The average molecular weight is 629 g/mol. The molecular weight excluding hydrogens is 601 g/mol. The van der Waals surface area contributed by atoms with Gasteiger partial charge in [-0.05, 0) is 18.2 Å². The molecule has 9 rings (SSSR count). The molecular formula is C43H28N6. The lowest BCUT2D eigenvalue weighted by Gasteiger charge is -2.12. The van der Waals surface area contributed by atoms with E-state index in [1.165, 1.54) is 0 Å². The third kappa shape index (κ3) is 5.22. The van der Waals surface area contributed by atoms with Gasteiger partial charge in [0, 0.05) is 38.9 Å². The van der Waals surface area contributed by atoms with Crippen molar-refractivity contribution in [3.63, 3.8) is 0 Å². The van der Waals surface area contributed by atoms with Gasteiger partial charge in [0.25, 0.3) is 0 Å². The maximum absolute atomic E-state index is 5.26. The van der Waals surface area contributed by atoms with Gasteiger partial charge in [0.1, 0.15) is 5.52 Å². The van der Waals surface area contributed by atoms with Crippen molar-refractivity contribution in [3.05, 3.63) is 170 Å². The van der Waals surface area contributed by atoms with Gasteiger partial charge < -0.3 is 4.57 Å². The Morgan fingerprint density at radius 2 is 0.735 bits per heavy atom. The highest BCUT2D eigenvalue weighted by Gasteiger charge is 2.21. The first-order chi connectivity index (χ1) is 24.3. The Bertz CT molecular complexity index is 2510. The lowest BCUT2D eigenvalue weighted by atomic mass is 10.1. The fourth-order valence-electron chi connectivity index (χ4n) is 6.32. The van der Waals surface area contributed by atoms with Gasteiger partial charge in [0.15, 0.2) is 23.3 Å². The van der Waals surface area contributed by atoms with Crippen molar-refractivity contribution in [2.45, 2.75) is 0 Å². The smallest absolute Gasteiger partial charge is 0.164 e. The molecule has 9 aromatic rings. The van der Waals surface area contributed by atoms with Crippen LogP contribution in [0, 0.1) is 0 Å². The Labute approximate surface area is 283 Å². The molecule has 230 valence electrons. The van der Waals surface area contributed by atoms with Crippen LogP contribution >= 0.6 is 0 Å². The van der Waals surface area contributed by atoms with Crippen LogP contribution in [0.1, 0.15) is 0 Å². The fourth-order valence-corrected chi connectivity index (χ4v) is 6.32. The summed E-state index contributed by atoms with van der Waals surface area (Å²) >= 11 is 0. The fraction of sp³-hybridized carbons (Fsp3) is 0. The normalized spacial score (nSPS) is 11.3. The molecule has 6 nitrogen and oxygen atoms in total. The molecule has 0 N–H and O–H groups in total. The first kappa shape index (κ1) is 28.4. The molecule has 0 amide bonds. The van der Waals surface area contributed by atoms with Crippen molar-refractivity contribution >= 4 is 21.9 Å². The predicted octanol–water partition coefficient (Wildman–Crippen LogP) is 10.1. The quantitative estimate of drug-likeness (QED) is 0.183. The Kier molecular flexibility index (Phi) is 7.02. The molecule has 0 bridgehead atoms. The molecule has 3 heterocycles. The van der Waals surface area contributed by atoms with Crippen LogP contribution in [0.15, 0.2) is 170 Å². The number of hydrogen-bond acceptors (Lipinski definition) is 5. The second-order valence-corrected chi connectivity index (χ2v) is 11.8. The molecule has 6 aromatic carbocycles. The van der Waals surface area contributed by atoms with Crippen molar-refractivity contribution in [1.29, 1.82) is 0 Å². The van der Waals surface area contributed by atoms with Gasteiger partial charge in [0.05, 0.1) is 16.7 Å². The molecule has 6 heteroatoms. The number of benzene rings is 6. The maximum Gasteiger partial charge on any atom is 0.164 e. The summed E-state index contributed by atoms with van der Waals surface area (Å²) < 4.78 is 2.27. The number of nitrogens with zero attached hydrogens (tertiary/aromatic N) is 6. The third-order valence-corrected chi connectivity index (χ3v) is 8.67. The zero-order valence-electron chi connectivity index (χ0n) is 26.3. The van der Waals surface area contributed by atoms with Crippen LogP contribution < -0.4 is 0 Å². The van der Waals surface area contributed by atoms with Crippen LogP contribution in [-0.4, -0.2) is 29.5 Å². The highest BCUT2D eigenvalue weighted by atomic mass is 15.0. The summed E-state index contributed by atoms with van der Waals surface area (Å²) in [7, 11) is 0. The number of aromatic nitrogens is 6. The van der Waals surface area contributed by atoms with E-state index >= 15 is 0 Å². The van der Waals surface area contributed by atoms with E-state index in [-0.39, 0.29) is 0 Å². The summed E-state index contributed by atoms with van der Waals surface area (Å²) in [6.45, 7) is 0. The lowest BCUT2D eigenvalue weighted by Crippen LogP contribution is -2.00. The van der Waals surface area contributed by atoms with Crippen LogP contribution in [0.2, 0.25) is 0 Å². The number of fused-ring (bicyclic) bond motifs is 3. The van der Waals surface area contributed by atoms with Gasteiger partial charge in [-0.3, -0.25) is 0 Å². The van der Waals surface area contributed by atoms with Crippen LogP contribution in [0.5, 0.6) is 0 Å². The van der Waals surface area contributed by atoms with E-state index in [1.54, 1.807) is 0 Å². The maximum atomic E-state index is 5.26. The molecule has 0 fully saturated rings. The zero-order valence-corrected chi connectivity index (χ0v) is 26.3. The van der Waals surface area contributed by atoms with Crippen LogP contribution in [0.3, 0.4) is 0 Å². The summed E-state index contributed by atoms with van der Waals surface area (Å²) in [5.41, 5.74) is 9.59. The van der Waals surface area contributed by atoms with E-state index in [4.69, 9.17) is 24.9 Å². The van der Waals surface area contributed by atoms with E-state index in [0.717, 1.165) is 61.1 Å². The highest BCUT2D eigenvalue weighted by molar-refractivity contribution is 6.11. The van der Waals surface area contributed by atoms with Crippen LogP contribution in [0.25, 0.3) is 84.4 Å². The van der Waals surface area contributed by atoms with E-state index < -0.39 is 0 Å². The van der Waals surface area contributed by atoms with Crippen molar-refractivity contribution in [2.75, 3.05) is 0 Å². The number of para-hydroxylation sites is 2. The second kappa shape index (κ2) is 12.1. The van der Waals surface area contributed by atoms with Crippen molar-refractivity contribution in [3.8, 4) is 62.5 Å². The van der Waals surface area contributed by atoms with E-state index in [0.29, 0.717) is 23.3 Å². The third-order valence-electron chi connectivity index (χ3n) is 8.67. The van der Waals surface area contributed by atoms with E-state index in [2.05, 4.69) is 89.5 Å². The van der Waals surface area contributed by atoms with Gasteiger partial charge in [-0.1, -0.05) is 152 Å². The summed E-state index contributed by atoms with van der Waals surface area (Å²) in [6, 6.07) is 57.4. The lowest BCUT2D eigenvalue weighted by molar-refractivity contribution is 1.07. The molecule has 0 aliphatic rings. The number of rotatable bonds is 6. The first-order valence-electron chi connectivity index (χ1n) is 16.2. The topological polar surface area (TPSA) is 69.4 Å². The molecule has 0 spiro atoms. The molecule has 0 unspecified atom stereocenters. The summed E-state index contributed by atoms with van der Waals surface area (Å²) in [5, 5.41) is 1.07. The SMILES string of the molecule is c1ccc(-c2nc(-c3ccccc3)nc(-c3ccc(-c4nc(-c5ccccc5)c5c(n4)c4ccccc4n5-c4ccccc4)cc3)n2)cc1. The van der Waals surface area contributed by atoms with E-state index in [1.807, 2.05) is 84.9 Å². The highest BCUT2D eigenvalue weighted by Crippen LogP contribution is 2.38. The molecule has 0 saturated heterocycles. The Balaban J connectivity index is 1.21. The van der Waals surface area contributed by atoms with Gasteiger partial charge >= 0.3 is 0 Å². The summed E-state index contributed by atoms with van der Waals surface area (Å²) in [6.07, 6.45) is 0. The van der Waals surface area contributed by atoms with Crippen LogP contribution in [-0.2, 0) is 0 Å².